The van der Waals surface area contributed by atoms with Crippen molar-refractivity contribution >= 4 is 11.9 Å². The quantitative estimate of drug-likeness (QED) is 0.142. The molecule has 1 aromatic rings. The van der Waals surface area contributed by atoms with Crippen LogP contribution < -0.4 is 5.32 Å². The molecule has 1 amide bonds. The van der Waals surface area contributed by atoms with E-state index in [0.29, 0.717) is 31.5 Å². The molecule has 3 aliphatic heterocycles. The van der Waals surface area contributed by atoms with Crippen molar-refractivity contribution in [1.82, 2.24) is 19.7 Å². The summed E-state index contributed by atoms with van der Waals surface area (Å²) >= 11 is 0. The number of cyclic esters (lactones) is 1. The molecule has 17 heteroatoms. The molecule has 3 fully saturated rings. The van der Waals surface area contributed by atoms with Gasteiger partial charge in [-0.05, 0) is 121 Å². The van der Waals surface area contributed by atoms with Crippen LogP contribution in [0.4, 0.5) is 0 Å². The number of aliphatic hydroxyl groups excluding tert-OH is 2. The van der Waals surface area contributed by atoms with Gasteiger partial charge in [0.05, 0.1) is 47.1 Å². The molecule has 5 N–H and O–H groups in total. The molecule has 0 saturated carbocycles. The summed E-state index contributed by atoms with van der Waals surface area (Å²) in [7, 11) is 9.27. The largest absolute Gasteiger partial charge is 0.459 e. The molecule has 0 aliphatic carbocycles. The minimum Gasteiger partial charge on any atom is -0.459 e. The van der Waals surface area contributed by atoms with Crippen LogP contribution in [-0.4, -0.2) is 185 Å². The number of aliphatic hydroxyl groups is 4. The Morgan fingerprint density at radius 1 is 0.970 bits per heavy atom. The van der Waals surface area contributed by atoms with Crippen molar-refractivity contribution in [2.45, 2.75) is 205 Å². The van der Waals surface area contributed by atoms with Crippen molar-refractivity contribution in [3.05, 3.63) is 23.0 Å². The van der Waals surface area contributed by atoms with Crippen LogP contribution in [0.1, 0.15) is 123 Å². The number of nitrogens with zero attached hydrogens (tertiary/aromatic N) is 3. The minimum atomic E-state index is -1.82. The third kappa shape index (κ3) is 12.9. The van der Waals surface area contributed by atoms with Gasteiger partial charge < -0.3 is 73.3 Å². The molecule has 3 saturated heterocycles. The Morgan fingerprint density at radius 3 is 2.20 bits per heavy atom. The number of carbonyl (C=O) groups excluding carboxylic acids is 2. The number of hydrogen-bond donors (Lipinski definition) is 5. The Hall–Kier alpha value is -2.26. The summed E-state index contributed by atoms with van der Waals surface area (Å²) in [5, 5.41) is 50.6. The molecular weight excluding hydrogens is 853 g/mol. The van der Waals surface area contributed by atoms with Crippen molar-refractivity contribution in [2.24, 2.45) is 24.8 Å². The highest BCUT2D eigenvalue weighted by Gasteiger charge is 2.53. The predicted octanol–water partition coefficient (Wildman–Crippen LogP) is 3.70. The zero-order valence-electron chi connectivity index (χ0n) is 43.2. The van der Waals surface area contributed by atoms with Gasteiger partial charge in [-0.15, -0.1) is 0 Å². The van der Waals surface area contributed by atoms with E-state index in [9.17, 15) is 30.0 Å². The molecule has 66 heavy (non-hydrogen) atoms. The van der Waals surface area contributed by atoms with Gasteiger partial charge in [-0.3, -0.25) is 9.59 Å². The fraction of sp³-hybridized carbons (Fsp3) is 0.878. The highest BCUT2D eigenvalue weighted by Crippen LogP contribution is 2.40. The lowest BCUT2D eigenvalue weighted by Crippen LogP contribution is -2.61. The first kappa shape index (κ1) is 56.3. The van der Waals surface area contributed by atoms with Crippen LogP contribution >= 0.6 is 0 Å². The summed E-state index contributed by atoms with van der Waals surface area (Å²) in [6.07, 6.45) is -7.23. The van der Waals surface area contributed by atoms with Crippen molar-refractivity contribution in [2.75, 3.05) is 47.9 Å². The molecule has 0 radical (unpaired) electrons. The fourth-order valence-corrected chi connectivity index (χ4v) is 10.6. The Labute approximate surface area is 395 Å². The maximum Gasteiger partial charge on any atom is 0.311 e. The molecule has 18 atom stereocenters. The standard InChI is InChI=1S/C49H88N4O13/c1-18-37-49(12,59)41(54)33(8)52(15)26-27(2)24-47(10,58)43(30(5)39(31(6)45(57)64-37)65-38-25-48(11,60-17)42(55)34(9)63-38)66-46-40(36(51(13)14)23-29(4)62-46)61-21-19-20-50-44(56)35-22-28(3)53(16)32(35)7/h22,27,29-31,33-34,36-43,46,54-55,58-59H,18-21,23-26H2,1-17H3,(H,50,56)/t27-,29-,30+,31-,33-,34+,36+,37-,38+,39+,40-,41-,42+,43-,46?,47-,48-,49-/m1/s1. The summed E-state index contributed by atoms with van der Waals surface area (Å²) in [4.78, 5) is 31.6. The number of carbonyl (C=O) groups is 2. The highest BCUT2D eigenvalue weighted by atomic mass is 16.7. The summed E-state index contributed by atoms with van der Waals surface area (Å²) in [6, 6.07) is 1.17. The van der Waals surface area contributed by atoms with Crippen molar-refractivity contribution in [3.8, 4) is 0 Å². The lowest BCUT2D eigenvalue weighted by molar-refractivity contribution is -0.321. The summed E-state index contributed by atoms with van der Waals surface area (Å²) in [6.45, 7) is 22.8. The third-order valence-corrected chi connectivity index (χ3v) is 15.1. The first-order valence-corrected chi connectivity index (χ1v) is 24.2. The average Bonchev–Trinajstić information content (AvgIpc) is 3.50. The Kier molecular flexibility index (Phi) is 19.7. The smallest absolute Gasteiger partial charge is 0.311 e. The van der Waals surface area contributed by atoms with Crippen LogP contribution in [0.3, 0.4) is 0 Å². The summed E-state index contributed by atoms with van der Waals surface area (Å²) in [5.74, 6) is -2.79. The fourth-order valence-electron chi connectivity index (χ4n) is 10.6. The van der Waals surface area contributed by atoms with Gasteiger partial charge in [0, 0.05) is 69.7 Å². The number of nitrogens with one attached hydrogen (secondary N) is 1. The van der Waals surface area contributed by atoms with Gasteiger partial charge in [-0.1, -0.05) is 20.8 Å². The first-order valence-electron chi connectivity index (χ1n) is 24.2. The van der Waals surface area contributed by atoms with Crippen LogP contribution in [0, 0.1) is 31.6 Å². The van der Waals surface area contributed by atoms with E-state index in [-0.39, 0.29) is 49.8 Å². The van der Waals surface area contributed by atoms with Gasteiger partial charge in [-0.25, -0.2) is 0 Å². The van der Waals surface area contributed by atoms with Crippen LogP contribution in [-0.2, 0) is 45.0 Å². The number of rotatable bonds is 13. The number of ether oxygens (including phenoxy) is 7. The molecule has 17 nitrogen and oxygen atoms in total. The third-order valence-electron chi connectivity index (χ3n) is 15.1. The first-order chi connectivity index (χ1) is 30.6. The molecule has 3 aliphatic rings. The summed E-state index contributed by atoms with van der Waals surface area (Å²) < 4.78 is 47.5. The van der Waals surface area contributed by atoms with Crippen molar-refractivity contribution < 1.29 is 63.2 Å². The Morgan fingerprint density at radius 2 is 1.62 bits per heavy atom. The van der Waals surface area contributed by atoms with E-state index in [1.807, 2.05) is 85.3 Å². The molecule has 382 valence electrons. The van der Waals surface area contributed by atoms with Gasteiger partial charge in [0.15, 0.2) is 12.6 Å². The van der Waals surface area contributed by atoms with E-state index in [2.05, 4.69) is 10.2 Å². The lowest BCUT2D eigenvalue weighted by atomic mass is 9.77. The second kappa shape index (κ2) is 23.1. The Bertz CT molecular complexity index is 1730. The van der Waals surface area contributed by atoms with E-state index in [0.717, 1.165) is 11.4 Å². The monoisotopic (exact) mass is 941 g/mol. The average molecular weight is 941 g/mol. The maximum absolute atomic E-state index is 14.5. The number of amides is 1. The van der Waals surface area contributed by atoms with Crippen LogP contribution in [0.25, 0.3) is 0 Å². The van der Waals surface area contributed by atoms with E-state index in [4.69, 9.17) is 33.2 Å². The lowest BCUT2D eigenvalue weighted by Gasteiger charge is -2.49. The van der Waals surface area contributed by atoms with Gasteiger partial charge >= 0.3 is 5.97 Å². The normalized spacial score (nSPS) is 41.5. The number of aryl methyl sites for hydroxylation is 1. The predicted molar refractivity (Wildman–Crippen MR) is 250 cm³/mol. The zero-order valence-corrected chi connectivity index (χ0v) is 43.2. The van der Waals surface area contributed by atoms with Gasteiger partial charge in [0.25, 0.3) is 5.91 Å². The molecule has 1 unspecified atom stereocenters. The van der Waals surface area contributed by atoms with Crippen LogP contribution in [0.2, 0.25) is 0 Å². The van der Waals surface area contributed by atoms with Gasteiger partial charge in [0.2, 0.25) is 0 Å². The van der Waals surface area contributed by atoms with Crippen LogP contribution in [0.15, 0.2) is 6.07 Å². The zero-order chi connectivity index (χ0) is 49.8. The molecule has 0 bridgehead atoms. The molecule has 0 spiro atoms. The van der Waals surface area contributed by atoms with E-state index >= 15 is 0 Å². The van der Waals surface area contributed by atoms with E-state index < -0.39 is 96.0 Å². The number of likely N-dealkylation sites (N-methyl/N-ethyl adjacent to an activating group) is 2. The molecule has 0 aromatic carbocycles. The van der Waals surface area contributed by atoms with Crippen LogP contribution in [0.5, 0.6) is 0 Å². The second-order valence-corrected chi connectivity index (χ2v) is 21.0. The Balaban J connectivity index is 1.75. The number of aromatic nitrogens is 1. The minimum absolute atomic E-state index is 0.121. The van der Waals surface area contributed by atoms with E-state index in [1.54, 1.807) is 34.6 Å². The number of methoxy groups -OCH3 is 1. The maximum atomic E-state index is 14.5. The van der Waals surface area contributed by atoms with Crippen molar-refractivity contribution in [1.29, 1.82) is 0 Å². The number of hydrogen-bond acceptors (Lipinski definition) is 15. The van der Waals surface area contributed by atoms with E-state index in [1.165, 1.54) is 14.0 Å². The SMILES string of the molecule is CC[C@H]1OC(=O)[C@H](C)[C@@H](O[C@H]2C[C@@](C)(OC)[C@@H](O)[C@H](C)O2)[C@H](C)[C@@H](OC2O[C@H](C)C[C@H](N(C)C)[C@H]2OCCCNC(=O)c2cc(C)n(C)c2C)[C@](C)(O)C[C@@H](C)CN(C)[C@H](C)[C@@H](O)[C@]1(C)O. The number of esters is 1. The van der Waals surface area contributed by atoms with Crippen molar-refractivity contribution in [3.63, 3.8) is 0 Å². The molecule has 1 aromatic heterocycles. The molecule has 4 rings (SSSR count). The molecule has 4 heterocycles. The topological polar surface area (TPSA) is 203 Å². The molecular formula is C49H88N4O13. The van der Waals surface area contributed by atoms with Gasteiger partial charge in [-0.2, -0.15) is 0 Å². The van der Waals surface area contributed by atoms with Gasteiger partial charge in [0.1, 0.15) is 30.0 Å². The second-order valence-electron chi connectivity index (χ2n) is 21.0. The summed E-state index contributed by atoms with van der Waals surface area (Å²) in [5.41, 5.74) is -1.92. The highest BCUT2D eigenvalue weighted by molar-refractivity contribution is 5.95.